The van der Waals surface area contributed by atoms with Crippen LogP contribution in [0.25, 0.3) is 0 Å². The van der Waals surface area contributed by atoms with Crippen molar-refractivity contribution in [1.82, 2.24) is 5.32 Å². The third kappa shape index (κ3) is 6.10. The maximum Gasteiger partial charge on any atom is 0.340 e. The molecule has 0 saturated carbocycles. The Kier molecular flexibility index (Phi) is 7.36. The van der Waals surface area contributed by atoms with Crippen LogP contribution in [0.3, 0.4) is 0 Å². The van der Waals surface area contributed by atoms with E-state index in [9.17, 15) is 19.7 Å². The Morgan fingerprint density at radius 3 is 2.56 bits per heavy atom. The molecule has 0 heterocycles. The van der Waals surface area contributed by atoms with Gasteiger partial charge in [0, 0.05) is 28.0 Å². The minimum Gasteiger partial charge on any atom is -0.452 e. The van der Waals surface area contributed by atoms with E-state index in [0.29, 0.717) is 4.90 Å². The molecule has 0 spiro atoms. The van der Waals surface area contributed by atoms with Gasteiger partial charge in [-0.25, -0.2) is 4.79 Å². The molecule has 8 heteroatoms. The summed E-state index contributed by atoms with van der Waals surface area (Å²) in [5, 5.41) is 13.7. The highest BCUT2D eigenvalue weighted by Crippen LogP contribution is 2.32. The van der Waals surface area contributed by atoms with Gasteiger partial charge in [-0.3, -0.25) is 14.9 Å². The Balaban J connectivity index is 2.18. The number of rotatable bonds is 8. The summed E-state index contributed by atoms with van der Waals surface area (Å²) in [6, 6.07) is 13.3. The van der Waals surface area contributed by atoms with Crippen molar-refractivity contribution in [3.05, 3.63) is 64.2 Å². The highest BCUT2D eigenvalue weighted by atomic mass is 32.2. The van der Waals surface area contributed by atoms with Gasteiger partial charge >= 0.3 is 5.97 Å². The topological polar surface area (TPSA) is 98.5 Å². The van der Waals surface area contributed by atoms with Crippen LogP contribution in [0.5, 0.6) is 0 Å². The molecule has 1 amide bonds. The molecule has 1 atom stereocenters. The summed E-state index contributed by atoms with van der Waals surface area (Å²) in [6.07, 6.45) is 0.752. The summed E-state index contributed by atoms with van der Waals surface area (Å²) in [7, 11) is 0. The van der Waals surface area contributed by atoms with Crippen LogP contribution < -0.4 is 5.32 Å². The average Bonchev–Trinajstić information content (AvgIpc) is 2.67. The van der Waals surface area contributed by atoms with Crippen LogP contribution in [0.1, 0.15) is 30.6 Å². The molecule has 1 unspecified atom stereocenters. The van der Waals surface area contributed by atoms with Crippen molar-refractivity contribution in [3.63, 3.8) is 0 Å². The lowest BCUT2D eigenvalue weighted by Gasteiger charge is -2.12. The molecule has 0 fully saturated rings. The molecule has 0 saturated heterocycles. The number of carbonyl (C=O) groups is 2. The second-order valence-corrected chi connectivity index (χ2v) is 6.92. The SMILES string of the molecule is CCC(C)NC(=O)COC(=O)c1cc([N+](=O)[O-])ccc1Sc1ccccc1. The summed E-state index contributed by atoms with van der Waals surface area (Å²) in [6.45, 7) is 3.32. The van der Waals surface area contributed by atoms with E-state index < -0.39 is 23.4 Å². The van der Waals surface area contributed by atoms with E-state index in [1.54, 1.807) is 0 Å². The largest absolute Gasteiger partial charge is 0.452 e. The minimum atomic E-state index is -0.781. The van der Waals surface area contributed by atoms with Crippen LogP contribution in [-0.2, 0) is 9.53 Å². The van der Waals surface area contributed by atoms with E-state index in [1.165, 1.54) is 30.0 Å². The van der Waals surface area contributed by atoms with Crippen LogP contribution in [0.2, 0.25) is 0 Å². The molecule has 2 aromatic carbocycles. The van der Waals surface area contributed by atoms with Gasteiger partial charge in [-0.05, 0) is 31.5 Å². The molecule has 2 rings (SSSR count). The smallest absolute Gasteiger partial charge is 0.340 e. The lowest BCUT2D eigenvalue weighted by atomic mass is 10.2. The van der Waals surface area contributed by atoms with Gasteiger partial charge in [-0.1, -0.05) is 36.9 Å². The number of nitro benzene ring substituents is 1. The Morgan fingerprint density at radius 1 is 1.22 bits per heavy atom. The van der Waals surface area contributed by atoms with E-state index in [-0.39, 0.29) is 17.3 Å². The Morgan fingerprint density at radius 2 is 1.93 bits per heavy atom. The number of nitrogens with zero attached hydrogens (tertiary/aromatic N) is 1. The molecule has 0 aliphatic heterocycles. The molecule has 7 nitrogen and oxygen atoms in total. The lowest BCUT2D eigenvalue weighted by Crippen LogP contribution is -2.35. The van der Waals surface area contributed by atoms with E-state index >= 15 is 0 Å². The van der Waals surface area contributed by atoms with E-state index in [2.05, 4.69) is 5.32 Å². The predicted octanol–water partition coefficient (Wildman–Crippen LogP) is 3.82. The first-order valence-corrected chi connectivity index (χ1v) is 9.20. The average molecular weight is 388 g/mol. The summed E-state index contributed by atoms with van der Waals surface area (Å²) in [4.78, 5) is 36.1. The number of ether oxygens (including phenoxy) is 1. The first-order chi connectivity index (χ1) is 12.9. The standard InChI is InChI=1S/C19H20N2O5S/c1-3-13(2)20-18(22)12-26-19(23)16-11-14(21(24)25)9-10-17(16)27-15-7-5-4-6-8-15/h4-11,13H,3,12H2,1-2H3,(H,20,22). The fourth-order valence-electron chi connectivity index (χ4n) is 2.12. The number of hydrogen-bond acceptors (Lipinski definition) is 6. The molecule has 2 aromatic rings. The molecule has 0 aromatic heterocycles. The zero-order chi connectivity index (χ0) is 19.8. The van der Waals surface area contributed by atoms with Crippen LogP contribution in [-0.4, -0.2) is 29.4 Å². The summed E-state index contributed by atoms with van der Waals surface area (Å²) < 4.78 is 5.06. The number of nitrogens with one attached hydrogen (secondary N) is 1. The maximum atomic E-state index is 12.5. The van der Waals surface area contributed by atoms with Crippen molar-refractivity contribution in [2.24, 2.45) is 0 Å². The zero-order valence-electron chi connectivity index (χ0n) is 15.0. The van der Waals surface area contributed by atoms with Gasteiger partial charge in [0.05, 0.1) is 10.5 Å². The van der Waals surface area contributed by atoms with E-state index in [1.807, 2.05) is 44.2 Å². The van der Waals surface area contributed by atoms with Gasteiger partial charge < -0.3 is 10.1 Å². The van der Waals surface area contributed by atoms with Gasteiger partial charge in [-0.15, -0.1) is 0 Å². The second-order valence-electron chi connectivity index (χ2n) is 5.81. The zero-order valence-corrected chi connectivity index (χ0v) is 15.8. The molecular weight excluding hydrogens is 368 g/mol. The van der Waals surface area contributed by atoms with Gasteiger partial charge in [0.2, 0.25) is 0 Å². The van der Waals surface area contributed by atoms with Gasteiger partial charge in [0.1, 0.15) is 0 Å². The number of non-ortho nitro benzene ring substituents is 1. The molecule has 0 aliphatic carbocycles. The van der Waals surface area contributed by atoms with Crippen molar-refractivity contribution in [1.29, 1.82) is 0 Å². The molecule has 0 bridgehead atoms. The van der Waals surface area contributed by atoms with E-state index in [0.717, 1.165) is 11.3 Å². The van der Waals surface area contributed by atoms with E-state index in [4.69, 9.17) is 4.74 Å². The van der Waals surface area contributed by atoms with Gasteiger partial charge in [0.15, 0.2) is 6.61 Å². The Bertz CT molecular complexity index is 826. The predicted molar refractivity (Wildman–Crippen MR) is 102 cm³/mol. The molecule has 142 valence electrons. The van der Waals surface area contributed by atoms with Crippen LogP contribution >= 0.6 is 11.8 Å². The highest BCUT2D eigenvalue weighted by Gasteiger charge is 2.20. The summed E-state index contributed by atoms with van der Waals surface area (Å²) in [5.41, 5.74) is -0.169. The first-order valence-electron chi connectivity index (χ1n) is 8.38. The van der Waals surface area contributed by atoms with Crippen LogP contribution in [0.15, 0.2) is 58.3 Å². The number of carbonyl (C=O) groups excluding carboxylic acids is 2. The Labute approximate surface area is 161 Å². The molecule has 0 aliphatic rings. The highest BCUT2D eigenvalue weighted by molar-refractivity contribution is 7.99. The van der Waals surface area contributed by atoms with Gasteiger partial charge in [0.25, 0.3) is 11.6 Å². The number of amides is 1. The lowest BCUT2D eigenvalue weighted by molar-refractivity contribution is -0.384. The van der Waals surface area contributed by atoms with Gasteiger partial charge in [-0.2, -0.15) is 0 Å². The molecule has 0 radical (unpaired) electrons. The Hall–Kier alpha value is -2.87. The van der Waals surface area contributed by atoms with Crippen molar-refractivity contribution < 1.29 is 19.2 Å². The third-order valence-electron chi connectivity index (χ3n) is 3.72. The fourth-order valence-corrected chi connectivity index (χ4v) is 3.06. The summed E-state index contributed by atoms with van der Waals surface area (Å²) in [5.74, 6) is -1.20. The van der Waals surface area contributed by atoms with Crippen molar-refractivity contribution in [2.75, 3.05) is 6.61 Å². The fraction of sp³-hybridized carbons (Fsp3) is 0.263. The number of benzene rings is 2. The van der Waals surface area contributed by atoms with Crippen molar-refractivity contribution in [2.45, 2.75) is 36.1 Å². The normalized spacial score (nSPS) is 11.5. The van der Waals surface area contributed by atoms with Crippen LogP contribution in [0.4, 0.5) is 5.69 Å². The molecular formula is C19H20N2O5S. The van der Waals surface area contributed by atoms with Crippen LogP contribution in [0, 0.1) is 10.1 Å². The number of hydrogen-bond donors (Lipinski definition) is 1. The quantitative estimate of drug-likeness (QED) is 0.419. The first kappa shape index (κ1) is 20.4. The molecule has 27 heavy (non-hydrogen) atoms. The van der Waals surface area contributed by atoms with Crippen molar-refractivity contribution >= 4 is 29.3 Å². The number of esters is 1. The number of nitro groups is 1. The van der Waals surface area contributed by atoms with Crippen molar-refractivity contribution in [3.8, 4) is 0 Å². The maximum absolute atomic E-state index is 12.5. The minimum absolute atomic E-state index is 0.0294. The molecule has 1 N–H and O–H groups in total. The third-order valence-corrected chi connectivity index (χ3v) is 4.80. The second kappa shape index (κ2) is 9.72. The monoisotopic (exact) mass is 388 g/mol. The summed E-state index contributed by atoms with van der Waals surface area (Å²) >= 11 is 1.29.